The number of thiophene rings is 1. The number of benzene rings is 1. The third-order valence-electron chi connectivity index (χ3n) is 3.41. The van der Waals surface area contributed by atoms with Crippen LogP contribution in [0.1, 0.15) is 9.88 Å². The lowest BCUT2D eigenvalue weighted by Gasteiger charge is -2.15. The molecule has 0 saturated carbocycles. The van der Waals surface area contributed by atoms with Gasteiger partial charge in [0.1, 0.15) is 5.01 Å². The maximum Gasteiger partial charge on any atom is 0.331 e. The highest BCUT2D eigenvalue weighted by Crippen LogP contribution is 2.22. The van der Waals surface area contributed by atoms with E-state index in [4.69, 9.17) is 4.74 Å². The zero-order valence-corrected chi connectivity index (χ0v) is 15.2. The second-order valence-corrected chi connectivity index (χ2v) is 7.38. The van der Waals surface area contributed by atoms with E-state index < -0.39 is 5.97 Å². The summed E-state index contributed by atoms with van der Waals surface area (Å²) in [4.78, 5) is 30.8. The number of nitrogens with zero attached hydrogens (tertiary/aromatic N) is 2. The van der Waals surface area contributed by atoms with Gasteiger partial charge in [-0.05, 0) is 29.7 Å². The minimum Gasteiger partial charge on any atom is -0.452 e. The van der Waals surface area contributed by atoms with E-state index in [9.17, 15) is 9.59 Å². The molecular formula is C18H16N2O3S2. The molecule has 5 nitrogen and oxygen atoms in total. The van der Waals surface area contributed by atoms with Crippen molar-refractivity contribution in [2.75, 3.05) is 13.7 Å². The van der Waals surface area contributed by atoms with Crippen LogP contribution in [0, 0.1) is 0 Å². The third-order valence-corrected chi connectivity index (χ3v) is 5.27. The van der Waals surface area contributed by atoms with Crippen LogP contribution < -0.4 is 0 Å². The first kappa shape index (κ1) is 17.3. The Hall–Kier alpha value is -2.51. The first-order valence-electron chi connectivity index (χ1n) is 7.58. The van der Waals surface area contributed by atoms with Gasteiger partial charge in [-0.25, -0.2) is 9.78 Å². The number of amides is 1. The second-order valence-electron chi connectivity index (χ2n) is 5.29. The molecule has 0 saturated heterocycles. The molecule has 3 aromatic rings. The maximum absolute atomic E-state index is 12.0. The lowest BCUT2D eigenvalue weighted by molar-refractivity contribution is -0.147. The minimum atomic E-state index is -0.558. The normalized spacial score (nSPS) is 11.1. The molecule has 0 unspecified atom stereocenters. The SMILES string of the molecule is CN(Cc1cccs1)C(=O)COC(=O)/C=C/c1nc2ccccc2s1. The van der Waals surface area contributed by atoms with E-state index in [0.717, 1.165) is 20.1 Å². The summed E-state index contributed by atoms with van der Waals surface area (Å²) in [5, 5.41) is 2.68. The van der Waals surface area contributed by atoms with Gasteiger partial charge in [0, 0.05) is 18.0 Å². The summed E-state index contributed by atoms with van der Waals surface area (Å²) >= 11 is 3.07. The Morgan fingerprint density at radius 2 is 2.08 bits per heavy atom. The maximum atomic E-state index is 12.0. The first-order valence-corrected chi connectivity index (χ1v) is 9.28. The number of ether oxygens (including phenoxy) is 1. The summed E-state index contributed by atoms with van der Waals surface area (Å²) in [5.41, 5.74) is 0.894. The Morgan fingerprint density at radius 3 is 2.84 bits per heavy atom. The number of fused-ring (bicyclic) bond motifs is 1. The first-order chi connectivity index (χ1) is 12.1. The number of esters is 1. The number of para-hydroxylation sites is 1. The van der Waals surface area contributed by atoms with E-state index in [1.807, 2.05) is 41.8 Å². The van der Waals surface area contributed by atoms with Gasteiger partial charge in [-0.2, -0.15) is 0 Å². The molecule has 0 aliphatic rings. The van der Waals surface area contributed by atoms with Gasteiger partial charge in [0.15, 0.2) is 6.61 Å². The van der Waals surface area contributed by atoms with Crippen molar-refractivity contribution in [3.8, 4) is 0 Å². The van der Waals surface area contributed by atoms with Crippen molar-refractivity contribution in [1.29, 1.82) is 0 Å². The summed E-state index contributed by atoms with van der Waals surface area (Å²) in [6, 6.07) is 11.7. The van der Waals surface area contributed by atoms with E-state index in [1.54, 1.807) is 24.5 Å². The molecule has 2 heterocycles. The third kappa shape index (κ3) is 4.74. The Bertz CT molecular complexity index is 867. The molecular weight excluding hydrogens is 356 g/mol. The Kier molecular flexibility index (Phi) is 5.57. The van der Waals surface area contributed by atoms with Crippen molar-refractivity contribution in [3.05, 3.63) is 57.7 Å². The molecule has 0 radical (unpaired) electrons. The van der Waals surface area contributed by atoms with Gasteiger partial charge in [0.2, 0.25) is 0 Å². The van der Waals surface area contributed by atoms with Gasteiger partial charge >= 0.3 is 5.97 Å². The number of carbonyl (C=O) groups excluding carboxylic acids is 2. The van der Waals surface area contributed by atoms with E-state index >= 15 is 0 Å². The standard InChI is InChI=1S/C18H16N2O3S2/c1-20(11-13-5-4-10-24-13)17(21)12-23-18(22)9-8-16-19-14-6-2-3-7-15(14)25-16/h2-10H,11-12H2,1H3/b9-8+. The quantitative estimate of drug-likeness (QED) is 0.490. The van der Waals surface area contributed by atoms with Crippen LogP contribution in [0.5, 0.6) is 0 Å². The van der Waals surface area contributed by atoms with Crippen LogP contribution >= 0.6 is 22.7 Å². The van der Waals surface area contributed by atoms with E-state index in [1.165, 1.54) is 22.3 Å². The molecule has 25 heavy (non-hydrogen) atoms. The second kappa shape index (κ2) is 8.04. The molecule has 0 fully saturated rings. The highest BCUT2D eigenvalue weighted by Gasteiger charge is 2.12. The molecule has 0 spiro atoms. The predicted octanol–water partition coefficient (Wildman–Crippen LogP) is 3.57. The van der Waals surface area contributed by atoms with Crippen LogP contribution in [-0.2, 0) is 20.9 Å². The average molecular weight is 372 g/mol. The fourth-order valence-electron chi connectivity index (χ4n) is 2.12. The van der Waals surface area contributed by atoms with Gasteiger partial charge in [-0.3, -0.25) is 4.79 Å². The molecule has 7 heteroatoms. The minimum absolute atomic E-state index is 0.241. The average Bonchev–Trinajstić information content (AvgIpc) is 3.26. The van der Waals surface area contributed by atoms with Crippen molar-refractivity contribution < 1.29 is 14.3 Å². The summed E-state index contributed by atoms with van der Waals surface area (Å²) in [6.07, 6.45) is 2.90. The van der Waals surface area contributed by atoms with Crippen LogP contribution in [0.4, 0.5) is 0 Å². The summed E-state index contributed by atoms with van der Waals surface area (Å²) in [6.45, 7) is 0.237. The monoisotopic (exact) mass is 372 g/mol. The van der Waals surface area contributed by atoms with E-state index in [0.29, 0.717) is 6.54 Å². The van der Waals surface area contributed by atoms with Crippen LogP contribution in [0.25, 0.3) is 16.3 Å². The lowest BCUT2D eigenvalue weighted by atomic mass is 10.3. The molecule has 0 aliphatic carbocycles. The number of hydrogen-bond acceptors (Lipinski definition) is 6. The number of likely N-dealkylation sites (N-methyl/N-ethyl adjacent to an activating group) is 1. The number of rotatable bonds is 6. The molecule has 1 amide bonds. The Morgan fingerprint density at radius 1 is 1.24 bits per heavy atom. The van der Waals surface area contributed by atoms with Gasteiger partial charge in [-0.15, -0.1) is 22.7 Å². The van der Waals surface area contributed by atoms with Crippen molar-refractivity contribution in [3.63, 3.8) is 0 Å². The lowest BCUT2D eigenvalue weighted by Crippen LogP contribution is -2.30. The fraction of sp³-hybridized carbons (Fsp3) is 0.167. The van der Waals surface area contributed by atoms with Crippen LogP contribution in [0.3, 0.4) is 0 Å². The predicted molar refractivity (Wildman–Crippen MR) is 100 cm³/mol. The number of carbonyl (C=O) groups is 2. The highest BCUT2D eigenvalue weighted by molar-refractivity contribution is 7.19. The summed E-state index contributed by atoms with van der Waals surface area (Å²) in [5.74, 6) is -0.799. The zero-order valence-electron chi connectivity index (χ0n) is 13.5. The van der Waals surface area contributed by atoms with Crippen LogP contribution in [0.15, 0.2) is 47.9 Å². The molecule has 128 valence electrons. The van der Waals surface area contributed by atoms with Crippen molar-refractivity contribution in [1.82, 2.24) is 9.88 Å². The zero-order chi connectivity index (χ0) is 17.6. The number of thiazole rings is 1. The van der Waals surface area contributed by atoms with Crippen molar-refractivity contribution in [2.24, 2.45) is 0 Å². The molecule has 1 aromatic carbocycles. The van der Waals surface area contributed by atoms with Gasteiger partial charge in [0.25, 0.3) is 5.91 Å². The Labute approximate surface area is 153 Å². The van der Waals surface area contributed by atoms with E-state index in [-0.39, 0.29) is 12.5 Å². The molecule has 2 aromatic heterocycles. The summed E-state index contributed by atoms with van der Waals surface area (Å²) in [7, 11) is 1.69. The fourth-order valence-corrected chi connectivity index (χ4v) is 3.74. The van der Waals surface area contributed by atoms with Crippen molar-refractivity contribution in [2.45, 2.75) is 6.54 Å². The number of hydrogen-bond donors (Lipinski definition) is 0. The molecule has 0 aliphatic heterocycles. The Balaban J connectivity index is 1.49. The van der Waals surface area contributed by atoms with Crippen LogP contribution in [-0.4, -0.2) is 35.4 Å². The summed E-state index contributed by atoms with van der Waals surface area (Å²) < 4.78 is 6.06. The van der Waals surface area contributed by atoms with Gasteiger partial charge < -0.3 is 9.64 Å². The smallest absolute Gasteiger partial charge is 0.331 e. The number of aromatic nitrogens is 1. The van der Waals surface area contributed by atoms with Gasteiger partial charge in [0.05, 0.1) is 16.8 Å². The highest BCUT2D eigenvalue weighted by atomic mass is 32.1. The molecule has 0 atom stereocenters. The van der Waals surface area contributed by atoms with Crippen molar-refractivity contribution >= 4 is 50.8 Å². The molecule has 0 bridgehead atoms. The van der Waals surface area contributed by atoms with Crippen LogP contribution in [0.2, 0.25) is 0 Å². The van der Waals surface area contributed by atoms with Gasteiger partial charge in [-0.1, -0.05) is 18.2 Å². The molecule has 3 rings (SSSR count). The molecule has 0 N–H and O–H groups in total. The topological polar surface area (TPSA) is 59.5 Å². The largest absolute Gasteiger partial charge is 0.452 e. The van der Waals surface area contributed by atoms with E-state index in [2.05, 4.69) is 4.98 Å².